The third-order valence-electron chi connectivity index (χ3n) is 13.5. The van der Waals surface area contributed by atoms with Gasteiger partial charge in [-0.05, 0) is 127 Å². The maximum absolute atomic E-state index is 13.6. The minimum absolute atomic E-state index is 0.100. The second kappa shape index (κ2) is 27.1. The summed E-state index contributed by atoms with van der Waals surface area (Å²) >= 11 is 0. The lowest BCUT2D eigenvalue weighted by Crippen LogP contribution is -2.40. The van der Waals surface area contributed by atoms with Gasteiger partial charge in [-0.25, -0.2) is 0 Å². The van der Waals surface area contributed by atoms with Gasteiger partial charge >= 0.3 is 12.0 Å². The normalized spacial score (nSPS) is 14.8. The maximum Gasteiger partial charge on any atom is 0.418 e. The summed E-state index contributed by atoms with van der Waals surface area (Å²) in [4.78, 5) is 55.1. The zero-order valence-electron chi connectivity index (χ0n) is 45.2. The van der Waals surface area contributed by atoms with Crippen molar-refractivity contribution < 1.29 is 55.3 Å². The highest BCUT2D eigenvalue weighted by Gasteiger charge is 2.45. The Morgan fingerprint density at radius 1 is 0.724 bits per heavy atom. The number of carbonyl (C=O) groups is 3. The van der Waals surface area contributed by atoms with Crippen molar-refractivity contribution in [1.82, 2.24) is 29.6 Å². The molecular formula is C55H70F6N8O6Si. The Kier molecular flexibility index (Phi) is 22.1. The van der Waals surface area contributed by atoms with Gasteiger partial charge < -0.3 is 34.2 Å². The summed E-state index contributed by atoms with van der Waals surface area (Å²) in [5.74, 6) is -3.61. The number of likely N-dealkylation sites (N-methyl/N-ethyl adjacent to an activating group) is 2. The second-order valence-electron chi connectivity index (χ2n) is 19.7. The number of amides is 2. The first-order chi connectivity index (χ1) is 35.7. The van der Waals surface area contributed by atoms with Crippen molar-refractivity contribution in [3.8, 4) is 23.6 Å². The molecule has 14 nitrogen and oxygen atoms in total. The third-order valence-corrected chi connectivity index (χ3v) is 15.2. The number of nitrogens with zero attached hydrogens (tertiary/aromatic N) is 8. The maximum atomic E-state index is 13.6. The van der Waals surface area contributed by atoms with Crippen LogP contribution in [-0.2, 0) is 25.7 Å². The molecule has 4 aromatic rings. The number of rotatable bonds is 18. The van der Waals surface area contributed by atoms with Crippen molar-refractivity contribution >= 4 is 26.2 Å². The van der Waals surface area contributed by atoms with Crippen LogP contribution in [0.15, 0.2) is 48.8 Å². The summed E-state index contributed by atoms with van der Waals surface area (Å²) in [7, 11) is 1.09. The number of pyridine rings is 2. The highest BCUT2D eigenvalue weighted by Crippen LogP contribution is 2.39. The van der Waals surface area contributed by atoms with Gasteiger partial charge in [0.25, 0.3) is 11.8 Å². The Bertz CT molecular complexity index is 2740. The van der Waals surface area contributed by atoms with Crippen LogP contribution in [0.5, 0.6) is 11.5 Å². The highest BCUT2D eigenvalue weighted by atomic mass is 28.3. The lowest BCUT2D eigenvalue weighted by Gasteiger charge is -2.35. The molecule has 3 atom stereocenters. The molecule has 21 heteroatoms. The third kappa shape index (κ3) is 15.6. The van der Waals surface area contributed by atoms with Gasteiger partial charge in [0.05, 0.1) is 36.7 Å². The molecule has 0 aliphatic carbocycles. The minimum atomic E-state index is -4.85. The first-order valence-corrected chi connectivity index (χ1v) is 28.8. The molecule has 3 unspecified atom stereocenters. The molecule has 76 heavy (non-hydrogen) atoms. The van der Waals surface area contributed by atoms with Crippen LogP contribution in [0, 0.1) is 22.7 Å². The quantitative estimate of drug-likeness (QED) is 0.0568. The number of alkyl halides is 6. The van der Waals surface area contributed by atoms with Gasteiger partial charge in [-0.1, -0.05) is 39.6 Å². The first-order valence-electron chi connectivity index (χ1n) is 25.3. The van der Waals surface area contributed by atoms with Gasteiger partial charge in [0.15, 0.2) is 14.2 Å². The molecule has 2 aliphatic rings. The van der Waals surface area contributed by atoms with E-state index in [1.54, 1.807) is 41.8 Å². The SMILES string of the molecule is CCOc1cc(C(C)N2CCc3c(C=O)cc(CCN(C)CC)cc3C2=O)ncc1C#N.CCOc1cc(C(C)N2CCc3c(cc(CCN(C)CC)cc3C(O)C(F)(F)F)C2=O)ncc1C#N.C[Si](C)(C)C(F)(F)F. The molecule has 0 radical (unpaired) electrons. The molecule has 412 valence electrons. The van der Waals surface area contributed by atoms with Gasteiger partial charge in [-0.2, -0.15) is 36.9 Å². The van der Waals surface area contributed by atoms with Crippen LogP contribution in [0.4, 0.5) is 26.3 Å². The molecule has 4 heterocycles. The zero-order chi connectivity index (χ0) is 56.9. The number of hydrogen-bond acceptors (Lipinski definition) is 12. The molecule has 0 saturated carbocycles. The Hall–Kier alpha value is -6.39. The number of ether oxygens (including phenoxy) is 2. The Labute approximate surface area is 443 Å². The van der Waals surface area contributed by atoms with E-state index in [-0.39, 0.29) is 47.2 Å². The number of aromatic nitrogens is 2. The van der Waals surface area contributed by atoms with Gasteiger partial charge in [0.1, 0.15) is 41.1 Å². The van der Waals surface area contributed by atoms with Gasteiger partial charge in [-0.15, -0.1) is 0 Å². The number of aliphatic hydroxyl groups excluding tert-OH is 1. The van der Waals surface area contributed by atoms with E-state index in [4.69, 9.17) is 9.47 Å². The van der Waals surface area contributed by atoms with E-state index >= 15 is 0 Å². The number of carbonyl (C=O) groups excluding carboxylic acids is 3. The van der Waals surface area contributed by atoms with Crippen LogP contribution >= 0.6 is 0 Å². The van der Waals surface area contributed by atoms with Gasteiger partial charge in [0.2, 0.25) is 0 Å². The number of aldehydes is 1. The van der Waals surface area contributed by atoms with Crippen molar-refractivity contribution in [2.75, 3.05) is 66.6 Å². The average Bonchev–Trinajstić information content (AvgIpc) is 3.38. The van der Waals surface area contributed by atoms with Gasteiger partial charge in [0, 0.05) is 67.4 Å². The second-order valence-corrected chi connectivity index (χ2v) is 24.7. The van der Waals surface area contributed by atoms with E-state index in [1.807, 2.05) is 50.9 Å². The number of fused-ring (bicyclic) bond motifs is 2. The van der Waals surface area contributed by atoms with Crippen LogP contribution in [0.25, 0.3) is 0 Å². The monoisotopic (exact) mass is 1080 g/mol. The van der Waals surface area contributed by atoms with Crippen LogP contribution < -0.4 is 9.47 Å². The standard InChI is InChI=1S/C26H31F3N4O3.C25H30N4O3.C4H9F3Si/c1-5-32(4)9-7-17-11-20(24(34)26(27,28)29)19-8-10-33(25(35)21(19)12-17)16(3)22-13-23(36-6-2)18(14-30)15-31-22;1-5-28(4)9-7-18-11-19(16-30)21-8-10-29(25(31)22(21)12-18)17(3)23-13-24(32-6-2)20(14-26)15-27-23;1-8(2,3)4(5,6)7/h11-13,15-16,24,34H,5-10H2,1-4H3;11-13,15-17H,5-10H2,1-4H3;1-3H3. The molecule has 2 aliphatic heterocycles. The number of nitriles is 2. The van der Waals surface area contributed by atoms with Crippen LogP contribution in [0.2, 0.25) is 19.6 Å². The largest absolute Gasteiger partial charge is 0.492 e. The van der Waals surface area contributed by atoms with Crippen LogP contribution in [0.3, 0.4) is 0 Å². The average molecular weight is 1080 g/mol. The molecule has 0 bridgehead atoms. The fourth-order valence-corrected chi connectivity index (χ4v) is 8.34. The molecule has 0 fully saturated rings. The molecule has 2 amide bonds. The fraction of sp³-hybridized carbons (Fsp3) is 0.509. The van der Waals surface area contributed by atoms with E-state index in [0.717, 1.165) is 43.5 Å². The molecule has 1 N–H and O–H groups in total. The number of hydrogen-bond donors (Lipinski definition) is 1. The summed E-state index contributed by atoms with van der Waals surface area (Å²) in [6.45, 7) is 19.9. The van der Waals surface area contributed by atoms with Crippen LogP contribution in [-0.4, -0.2) is 139 Å². The number of aliphatic hydroxyl groups is 1. The summed E-state index contributed by atoms with van der Waals surface area (Å²) in [5.41, 5.74) is 5.53. The predicted molar refractivity (Wildman–Crippen MR) is 279 cm³/mol. The molecule has 0 saturated heterocycles. The van der Waals surface area contributed by atoms with Crippen molar-refractivity contribution in [3.63, 3.8) is 0 Å². The highest BCUT2D eigenvalue weighted by molar-refractivity contribution is 6.78. The van der Waals surface area contributed by atoms with E-state index in [9.17, 15) is 56.4 Å². The van der Waals surface area contributed by atoms with Crippen molar-refractivity contribution in [1.29, 1.82) is 10.5 Å². The molecule has 0 spiro atoms. The van der Waals surface area contributed by atoms with Gasteiger partial charge in [-0.3, -0.25) is 24.4 Å². The minimum Gasteiger partial charge on any atom is -0.492 e. The Balaban J connectivity index is 0.000000288. The lowest BCUT2D eigenvalue weighted by molar-refractivity contribution is -0.207. The topological polar surface area (TPSA) is 176 Å². The number of halogens is 6. The fourth-order valence-electron chi connectivity index (χ4n) is 8.34. The van der Waals surface area contributed by atoms with E-state index in [2.05, 4.69) is 34.9 Å². The van der Waals surface area contributed by atoms with E-state index < -0.39 is 38.1 Å². The molecule has 2 aromatic heterocycles. The summed E-state index contributed by atoms with van der Waals surface area (Å²) in [6.07, 6.45) is -1.78. The molecular weight excluding hydrogens is 1010 g/mol. The molecule has 2 aromatic carbocycles. The summed E-state index contributed by atoms with van der Waals surface area (Å²) < 4.78 is 86.5. The first kappa shape index (κ1) is 62.1. The van der Waals surface area contributed by atoms with Crippen molar-refractivity contribution in [2.24, 2.45) is 0 Å². The summed E-state index contributed by atoms with van der Waals surface area (Å²) in [6, 6.07) is 13.5. The lowest BCUT2D eigenvalue weighted by atomic mass is 9.87. The smallest absolute Gasteiger partial charge is 0.418 e. The van der Waals surface area contributed by atoms with E-state index in [1.165, 1.54) is 38.1 Å². The predicted octanol–water partition coefficient (Wildman–Crippen LogP) is 10.0. The van der Waals surface area contributed by atoms with E-state index in [0.29, 0.717) is 84.3 Å². The van der Waals surface area contributed by atoms with Crippen molar-refractivity contribution in [3.05, 3.63) is 116 Å². The van der Waals surface area contributed by atoms with Crippen LogP contribution in [0.1, 0.15) is 141 Å². The zero-order valence-corrected chi connectivity index (χ0v) is 46.2. The van der Waals surface area contributed by atoms with Crippen molar-refractivity contribution in [2.45, 2.75) is 117 Å². The molecule has 6 rings (SSSR count). The number of benzene rings is 2. The summed E-state index contributed by atoms with van der Waals surface area (Å²) in [5, 5.41) is 28.7. The Morgan fingerprint density at radius 2 is 1.13 bits per heavy atom. The Morgan fingerprint density at radius 3 is 1.50 bits per heavy atom.